The fraction of sp³-hybridized carbons (Fsp3) is 0.353. The number of aliphatic carboxylic acids is 1. The Morgan fingerprint density at radius 1 is 1.38 bits per heavy atom. The predicted molar refractivity (Wildman–Crippen MR) is 88.1 cm³/mol. The molecule has 0 radical (unpaired) electrons. The lowest BCUT2D eigenvalue weighted by molar-refractivity contribution is -0.141. The molecule has 1 amide bonds. The third-order valence-electron chi connectivity index (χ3n) is 4.11. The van der Waals surface area contributed by atoms with Crippen LogP contribution in [0.15, 0.2) is 29.6 Å². The van der Waals surface area contributed by atoms with Crippen LogP contribution in [0.5, 0.6) is 0 Å². The van der Waals surface area contributed by atoms with Gasteiger partial charge in [0.25, 0.3) is 0 Å². The highest BCUT2D eigenvalue weighted by molar-refractivity contribution is 7.13. The first-order valence-electron chi connectivity index (χ1n) is 7.74. The summed E-state index contributed by atoms with van der Waals surface area (Å²) < 4.78 is 13.3. The van der Waals surface area contributed by atoms with E-state index >= 15 is 0 Å². The molecule has 24 heavy (non-hydrogen) atoms. The molecular formula is C17H17FN2O3S. The molecule has 1 aromatic carbocycles. The Balaban J connectivity index is 1.57. The van der Waals surface area contributed by atoms with Gasteiger partial charge in [0.2, 0.25) is 5.91 Å². The number of carbonyl (C=O) groups excluding carboxylic acids is 1. The van der Waals surface area contributed by atoms with Crippen LogP contribution >= 0.6 is 11.3 Å². The van der Waals surface area contributed by atoms with Crippen molar-refractivity contribution in [3.8, 4) is 10.6 Å². The highest BCUT2D eigenvalue weighted by atomic mass is 32.1. The normalized spacial score (nSPS) is 20.0. The monoisotopic (exact) mass is 348 g/mol. The smallest absolute Gasteiger partial charge is 0.306 e. The van der Waals surface area contributed by atoms with Crippen molar-refractivity contribution in [2.75, 3.05) is 0 Å². The van der Waals surface area contributed by atoms with E-state index in [1.807, 2.05) is 0 Å². The van der Waals surface area contributed by atoms with E-state index in [4.69, 9.17) is 5.11 Å². The summed E-state index contributed by atoms with van der Waals surface area (Å²) in [6.45, 7) is 0. The van der Waals surface area contributed by atoms with Gasteiger partial charge in [0.05, 0.1) is 18.0 Å². The average Bonchev–Trinajstić information content (AvgIpc) is 3.17. The lowest BCUT2D eigenvalue weighted by Gasteiger charge is -2.11. The molecule has 1 heterocycles. The van der Waals surface area contributed by atoms with Gasteiger partial charge in [-0.2, -0.15) is 0 Å². The summed E-state index contributed by atoms with van der Waals surface area (Å²) in [5.74, 6) is -1.65. The number of hydrogen-bond acceptors (Lipinski definition) is 4. The molecule has 1 fully saturated rings. The number of nitrogens with one attached hydrogen (secondary N) is 1. The van der Waals surface area contributed by atoms with Crippen LogP contribution in [0.2, 0.25) is 0 Å². The van der Waals surface area contributed by atoms with Gasteiger partial charge in [-0.25, -0.2) is 9.37 Å². The van der Waals surface area contributed by atoms with Crippen LogP contribution in [0.3, 0.4) is 0 Å². The fourth-order valence-corrected chi connectivity index (χ4v) is 3.74. The van der Waals surface area contributed by atoms with Gasteiger partial charge >= 0.3 is 5.97 Å². The first-order valence-corrected chi connectivity index (χ1v) is 8.62. The molecule has 0 bridgehead atoms. The third-order valence-corrected chi connectivity index (χ3v) is 5.05. The van der Waals surface area contributed by atoms with E-state index in [2.05, 4.69) is 10.3 Å². The lowest BCUT2D eigenvalue weighted by Crippen LogP contribution is -2.34. The SMILES string of the molecule is O=C(Cc1csc(-c2cccc(F)c2)n1)N[C@H]1CC[C@@H](C(=O)O)C1. The summed E-state index contributed by atoms with van der Waals surface area (Å²) in [4.78, 5) is 27.4. The van der Waals surface area contributed by atoms with Crippen LogP contribution in [0, 0.1) is 11.7 Å². The summed E-state index contributed by atoms with van der Waals surface area (Å²) in [6.07, 6.45) is 1.90. The molecule has 7 heteroatoms. The Morgan fingerprint density at radius 3 is 2.92 bits per heavy atom. The van der Waals surface area contributed by atoms with Gasteiger partial charge in [0.15, 0.2) is 0 Å². The summed E-state index contributed by atoms with van der Waals surface area (Å²) >= 11 is 1.36. The van der Waals surface area contributed by atoms with Gasteiger partial charge in [-0.3, -0.25) is 9.59 Å². The number of carboxylic acids is 1. The number of halogens is 1. The molecule has 1 aliphatic rings. The first-order chi connectivity index (χ1) is 11.5. The van der Waals surface area contributed by atoms with Crippen LogP contribution in [0.4, 0.5) is 4.39 Å². The standard InChI is InChI=1S/C17H17FN2O3S/c18-12-3-1-2-10(6-12)16-20-14(9-24-16)8-15(21)19-13-5-4-11(7-13)17(22)23/h1-3,6,9,11,13H,4-5,7-8H2,(H,19,21)(H,22,23)/t11-,13+/m1/s1. The number of benzene rings is 1. The molecule has 0 aliphatic heterocycles. The van der Waals surface area contributed by atoms with Crippen LogP contribution in [-0.2, 0) is 16.0 Å². The zero-order valence-electron chi connectivity index (χ0n) is 12.9. The van der Waals surface area contributed by atoms with Gasteiger partial charge in [-0.1, -0.05) is 12.1 Å². The van der Waals surface area contributed by atoms with Crippen molar-refractivity contribution >= 4 is 23.2 Å². The van der Waals surface area contributed by atoms with E-state index in [1.165, 1.54) is 23.5 Å². The average molecular weight is 348 g/mol. The summed E-state index contributed by atoms with van der Waals surface area (Å²) in [7, 11) is 0. The minimum Gasteiger partial charge on any atom is -0.481 e. The van der Waals surface area contributed by atoms with Crippen molar-refractivity contribution in [3.05, 3.63) is 41.2 Å². The Labute approximate surface area is 142 Å². The molecule has 1 aromatic heterocycles. The van der Waals surface area contributed by atoms with Crippen molar-refractivity contribution < 1.29 is 19.1 Å². The molecular weight excluding hydrogens is 331 g/mol. The van der Waals surface area contributed by atoms with Gasteiger partial charge in [-0.15, -0.1) is 11.3 Å². The fourth-order valence-electron chi connectivity index (χ4n) is 2.92. The number of thiazole rings is 1. The maximum absolute atomic E-state index is 13.3. The van der Waals surface area contributed by atoms with Crippen LogP contribution in [-0.4, -0.2) is 28.0 Å². The van der Waals surface area contributed by atoms with Crippen molar-refractivity contribution in [1.82, 2.24) is 10.3 Å². The van der Waals surface area contributed by atoms with Crippen LogP contribution in [0.1, 0.15) is 25.0 Å². The van der Waals surface area contributed by atoms with Gasteiger partial charge in [0.1, 0.15) is 10.8 Å². The molecule has 2 atom stereocenters. The molecule has 5 nitrogen and oxygen atoms in total. The molecule has 0 spiro atoms. The number of nitrogens with zero attached hydrogens (tertiary/aromatic N) is 1. The number of amides is 1. The first kappa shape index (κ1) is 16.6. The van der Waals surface area contributed by atoms with Gasteiger partial charge in [-0.05, 0) is 31.4 Å². The Kier molecular flexibility index (Phi) is 4.89. The number of carboxylic acid groups (broad SMARTS) is 1. The van der Waals surface area contributed by atoms with Crippen molar-refractivity contribution in [2.45, 2.75) is 31.7 Å². The van der Waals surface area contributed by atoms with Crippen molar-refractivity contribution in [1.29, 1.82) is 0 Å². The van der Waals surface area contributed by atoms with E-state index in [0.29, 0.717) is 35.5 Å². The summed E-state index contributed by atoms with van der Waals surface area (Å²) in [6, 6.07) is 6.10. The molecule has 2 N–H and O–H groups in total. The van der Waals surface area contributed by atoms with Crippen molar-refractivity contribution in [3.63, 3.8) is 0 Å². The number of hydrogen-bond donors (Lipinski definition) is 2. The van der Waals surface area contributed by atoms with Crippen LogP contribution < -0.4 is 5.32 Å². The molecule has 2 aromatic rings. The zero-order valence-corrected chi connectivity index (χ0v) is 13.7. The summed E-state index contributed by atoms with van der Waals surface area (Å²) in [5.41, 5.74) is 1.32. The van der Waals surface area contributed by atoms with Crippen molar-refractivity contribution in [2.24, 2.45) is 5.92 Å². The predicted octanol–water partition coefficient (Wildman–Crippen LogP) is 2.86. The Bertz CT molecular complexity index is 762. The Hall–Kier alpha value is -2.28. The topological polar surface area (TPSA) is 79.3 Å². The Morgan fingerprint density at radius 2 is 2.21 bits per heavy atom. The summed E-state index contributed by atoms with van der Waals surface area (Å²) in [5, 5.41) is 14.3. The van der Waals surface area contributed by atoms with Gasteiger partial charge in [0, 0.05) is 17.0 Å². The second-order valence-electron chi connectivity index (χ2n) is 5.94. The maximum Gasteiger partial charge on any atom is 0.306 e. The zero-order chi connectivity index (χ0) is 17.1. The lowest BCUT2D eigenvalue weighted by atomic mass is 10.1. The maximum atomic E-state index is 13.3. The van der Waals surface area contributed by atoms with E-state index in [1.54, 1.807) is 17.5 Å². The molecule has 1 saturated carbocycles. The molecule has 0 saturated heterocycles. The van der Waals surface area contributed by atoms with E-state index in [9.17, 15) is 14.0 Å². The van der Waals surface area contributed by atoms with E-state index in [-0.39, 0.29) is 30.1 Å². The third kappa shape index (κ3) is 3.97. The van der Waals surface area contributed by atoms with Gasteiger partial charge < -0.3 is 10.4 Å². The molecule has 0 unspecified atom stereocenters. The minimum absolute atomic E-state index is 0.0834. The largest absolute Gasteiger partial charge is 0.481 e. The second-order valence-corrected chi connectivity index (χ2v) is 6.80. The highest BCUT2D eigenvalue weighted by Gasteiger charge is 2.30. The molecule has 1 aliphatic carbocycles. The quantitative estimate of drug-likeness (QED) is 0.871. The van der Waals surface area contributed by atoms with Crippen LogP contribution in [0.25, 0.3) is 10.6 Å². The second kappa shape index (κ2) is 7.09. The van der Waals surface area contributed by atoms with E-state index in [0.717, 1.165) is 0 Å². The number of carbonyl (C=O) groups is 2. The number of aromatic nitrogens is 1. The molecule has 126 valence electrons. The number of rotatable bonds is 5. The minimum atomic E-state index is -0.800. The van der Waals surface area contributed by atoms with E-state index < -0.39 is 5.97 Å². The highest BCUT2D eigenvalue weighted by Crippen LogP contribution is 2.26. The molecule has 3 rings (SSSR count).